The van der Waals surface area contributed by atoms with Gasteiger partial charge in [0, 0.05) is 16.2 Å². The fourth-order valence-electron chi connectivity index (χ4n) is 2.44. The van der Waals surface area contributed by atoms with Crippen LogP contribution < -0.4 is 9.47 Å². The zero-order valence-electron chi connectivity index (χ0n) is 14.4. The fraction of sp³-hybridized carbons (Fsp3) is 0.316. The molecule has 0 bridgehead atoms. The van der Waals surface area contributed by atoms with Gasteiger partial charge in [0.05, 0.1) is 19.8 Å². The summed E-state index contributed by atoms with van der Waals surface area (Å²) in [7, 11) is 3.16. The first-order chi connectivity index (χ1) is 11.5. The predicted molar refractivity (Wildman–Crippen MR) is 104 cm³/mol. The summed E-state index contributed by atoms with van der Waals surface area (Å²) in [4.78, 5) is 15.0. The molecule has 24 heavy (non-hydrogen) atoms. The fourth-order valence-corrected chi connectivity index (χ4v) is 3.11. The van der Waals surface area contributed by atoms with E-state index in [9.17, 15) is 4.79 Å². The molecule has 5 heteroatoms. The number of nitrogens with zero attached hydrogens (tertiary/aromatic N) is 1. The van der Waals surface area contributed by atoms with Crippen LogP contribution >= 0.6 is 22.6 Å². The lowest BCUT2D eigenvalue weighted by Gasteiger charge is -2.27. The third kappa shape index (κ3) is 4.20. The van der Waals surface area contributed by atoms with Gasteiger partial charge in [-0.15, -0.1) is 0 Å². The number of carbonyl (C=O) groups is 1. The van der Waals surface area contributed by atoms with Gasteiger partial charge < -0.3 is 14.4 Å². The monoisotopic (exact) mass is 439 g/mol. The van der Waals surface area contributed by atoms with Gasteiger partial charge in [-0.25, -0.2) is 0 Å². The number of hydrogen-bond donors (Lipinski definition) is 0. The molecule has 0 aliphatic rings. The average Bonchev–Trinajstić information content (AvgIpc) is 2.59. The summed E-state index contributed by atoms with van der Waals surface area (Å²) < 4.78 is 11.5. The van der Waals surface area contributed by atoms with E-state index in [1.807, 2.05) is 55.1 Å². The Hall–Kier alpha value is -1.76. The average molecular weight is 439 g/mol. The van der Waals surface area contributed by atoms with Crippen molar-refractivity contribution in [3.63, 3.8) is 0 Å². The van der Waals surface area contributed by atoms with Crippen LogP contribution in [-0.4, -0.2) is 31.1 Å². The molecule has 4 nitrogen and oxygen atoms in total. The van der Waals surface area contributed by atoms with Crippen molar-refractivity contribution in [3.05, 3.63) is 57.2 Å². The number of hydrogen-bond acceptors (Lipinski definition) is 3. The second-order valence-electron chi connectivity index (χ2n) is 5.70. The molecule has 0 aliphatic carbocycles. The van der Waals surface area contributed by atoms with Gasteiger partial charge in [-0.2, -0.15) is 0 Å². The van der Waals surface area contributed by atoms with Crippen LogP contribution in [0.4, 0.5) is 0 Å². The van der Waals surface area contributed by atoms with Crippen LogP contribution in [0.15, 0.2) is 42.5 Å². The summed E-state index contributed by atoms with van der Waals surface area (Å²) in [5.41, 5.74) is 1.73. The van der Waals surface area contributed by atoms with Crippen LogP contribution in [0.25, 0.3) is 0 Å². The predicted octanol–water partition coefficient (Wildman–Crippen LogP) is 4.36. The van der Waals surface area contributed by atoms with Crippen molar-refractivity contribution in [2.45, 2.75) is 26.4 Å². The molecule has 0 heterocycles. The SMILES string of the molecule is COc1cc(I)c(C(=O)N(Cc2ccccc2)C(C)C)cc1OC. The molecule has 0 aliphatic heterocycles. The van der Waals surface area contributed by atoms with Crippen LogP contribution in [-0.2, 0) is 6.54 Å². The van der Waals surface area contributed by atoms with E-state index in [0.717, 1.165) is 9.13 Å². The molecule has 0 fully saturated rings. The van der Waals surface area contributed by atoms with Crippen molar-refractivity contribution >= 4 is 28.5 Å². The minimum Gasteiger partial charge on any atom is -0.493 e. The Bertz CT molecular complexity index is 701. The van der Waals surface area contributed by atoms with Gasteiger partial charge in [0.1, 0.15) is 0 Å². The highest BCUT2D eigenvalue weighted by Crippen LogP contribution is 2.32. The highest BCUT2D eigenvalue weighted by Gasteiger charge is 2.23. The molecule has 0 aromatic heterocycles. The molecule has 2 aromatic carbocycles. The van der Waals surface area contributed by atoms with Crippen LogP contribution in [0, 0.1) is 3.57 Å². The maximum Gasteiger partial charge on any atom is 0.255 e. The summed E-state index contributed by atoms with van der Waals surface area (Å²) in [6.45, 7) is 4.62. The first-order valence-electron chi connectivity index (χ1n) is 7.74. The Morgan fingerprint density at radius 1 is 1.08 bits per heavy atom. The van der Waals surface area contributed by atoms with Crippen molar-refractivity contribution in [2.24, 2.45) is 0 Å². The molecule has 0 unspecified atom stereocenters. The maximum atomic E-state index is 13.1. The van der Waals surface area contributed by atoms with Crippen molar-refractivity contribution in [2.75, 3.05) is 14.2 Å². The summed E-state index contributed by atoms with van der Waals surface area (Å²) in [6, 6.07) is 13.7. The van der Waals surface area contributed by atoms with Gasteiger partial charge in [0.25, 0.3) is 5.91 Å². The molecule has 0 saturated carbocycles. The van der Waals surface area contributed by atoms with Gasteiger partial charge in [-0.05, 0) is 54.1 Å². The number of ether oxygens (including phenoxy) is 2. The Morgan fingerprint density at radius 2 is 1.67 bits per heavy atom. The summed E-state index contributed by atoms with van der Waals surface area (Å²) in [5, 5.41) is 0. The van der Waals surface area contributed by atoms with E-state index in [0.29, 0.717) is 23.6 Å². The smallest absolute Gasteiger partial charge is 0.255 e. The van der Waals surface area contributed by atoms with E-state index in [1.165, 1.54) is 0 Å². The number of amides is 1. The second-order valence-corrected chi connectivity index (χ2v) is 6.86. The van der Waals surface area contributed by atoms with Crippen molar-refractivity contribution in [1.29, 1.82) is 0 Å². The third-order valence-electron chi connectivity index (χ3n) is 3.78. The number of halogens is 1. The van der Waals surface area contributed by atoms with Gasteiger partial charge >= 0.3 is 0 Å². The molecular weight excluding hydrogens is 417 g/mol. The molecule has 0 saturated heterocycles. The molecule has 0 N–H and O–H groups in total. The molecule has 1 amide bonds. The Morgan fingerprint density at radius 3 is 2.21 bits per heavy atom. The summed E-state index contributed by atoms with van der Waals surface area (Å²) in [6.07, 6.45) is 0. The topological polar surface area (TPSA) is 38.8 Å². The lowest BCUT2D eigenvalue weighted by molar-refractivity contribution is 0.0689. The lowest BCUT2D eigenvalue weighted by atomic mass is 10.1. The Kier molecular flexibility index (Phi) is 6.48. The van der Waals surface area contributed by atoms with E-state index in [-0.39, 0.29) is 11.9 Å². The minimum absolute atomic E-state index is 0.0146. The van der Waals surface area contributed by atoms with Gasteiger partial charge in [0.2, 0.25) is 0 Å². The first-order valence-corrected chi connectivity index (χ1v) is 8.82. The highest BCUT2D eigenvalue weighted by molar-refractivity contribution is 14.1. The molecule has 0 radical (unpaired) electrons. The number of methoxy groups -OCH3 is 2. The van der Waals surface area contributed by atoms with E-state index < -0.39 is 0 Å². The molecule has 2 aromatic rings. The summed E-state index contributed by atoms with van der Waals surface area (Å²) in [5.74, 6) is 1.17. The minimum atomic E-state index is -0.0146. The van der Waals surface area contributed by atoms with E-state index in [2.05, 4.69) is 22.6 Å². The van der Waals surface area contributed by atoms with Crippen molar-refractivity contribution in [1.82, 2.24) is 4.90 Å². The number of carbonyl (C=O) groups excluding carboxylic acids is 1. The summed E-state index contributed by atoms with van der Waals surface area (Å²) >= 11 is 2.16. The Balaban J connectivity index is 2.36. The largest absolute Gasteiger partial charge is 0.493 e. The van der Waals surface area contributed by atoms with E-state index in [1.54, 1.807) is 20.3 Å². The molecule has 0 atom stereocenters. The lowest BCUT2D eigenvalue weighted by Crippen LogP contribution is -2.36. The molecule has 128 valence electrons. The van der Waals surface area contributed by atoms with Crippen molar-refractivity contribution in [3.8, 4) is 11.5 Å². The number of rotatable bonds is 6. The van der Waals surface area contributed by atoms with E-state index >= 15 is 0 Å². The van der Waals surface area contributed by atoms with Gasteiger partial charge in [0.15, 0.2) is 11.5 Å². The molecule has 2 rings (SSSR count). The van der Waals surface area contributed by atoms with Crippen molar-refractivity contribution < 1.29 is 14.3 Å². The zero-order chi connectivity index (χ0) is 17.7. The van der Waals surface area contributed by atoms with Gasteiger partial charge in [-0.1, -0.05) is 30.3 Å². The third-order valence-corrected chi connectivity index (χ3v) is 4.68. The quantitative estimate of drug-likeness (QED) is 0.628. The standard InChI is InChI=1S/C19H22INO3/c1-13(2)21(12-14-8-6-5-7-9-14)19(22)15-10-17(23-3)18(24-4)11-16(15)20/h5-11,13H,12H2,1-4H3. The van der Waals surface area contributed by atoms with Crippen LogP contribution in [0.2, 0.25) is 0 Å². The van der Waals surface area contributed by atoms with Crippen LogP contribution in [0.3, 0.4) is 0 Å². The molecule has 0 spiro atoms. The molecular formula is C19H22INO3. The maximum absolute atomic E-state index is 13.1. The normalized spacial score (nSPS) is 10.6. The van der Waals surface area contributed by atoms with Gasteiger partial charge in [-0.3, -0.25) is 4.79 Å². The number of benzene rings is 2. The Labute approximate surface area is 156 Å². The van der Waals surface area contributed by atoms with Crippen LogP contribution in [0.1, 0.15) is 29.8 Å². The zero-order valence-corrected chi connectivity index (χ0v) is 16.5. The highest BCUT2D eigenvalue weighted by atomic mass is 127. The first kappa shape index (κ1) is 18.6. The second kappa shape index (κ2) is 8.37. The van der Waals surface area contributed by atoms with E-state index in [4.69, 9.17) is 9.47 Å². The van der Waals surface area contributed by atoms with Crippen LogP contribution in [0.5, 0.6) is 11.5 Å².